The molecule has 3 aromatic heterocycles. The Morgan fingerprint density at radius 2 is 1.85 bits per heavy atom. The van der Waals surface area contributed by atoms with Gasteiger partial charge in [-0.15, -0.1) is 0 Å². The second kappa shape index (κ2) is 6.88. The van der Waals surface area contributed by atoms with Crippen LogP contribution < -0.4 is 10.5 Å². The number of pyridine rings is 1. The highest BCUT2D eigenvalue weighted by Gasteiger charge is 2.11. The van der Waals surface area contributed by atoms with Crippen LogP contribution in [0.4, 0.5) is 10.2 Å². The fraction of sp³-hybridized carbons (Fsp3) is 0.105. The lowest BCUT2D eigenvalue weighted by Crippen LogP contribution is -1.98. The quantitative estimate of drug-likeness (QED) is 0.528. The summed E-state index contributed by atoms with van der Waals surface area (Å²) >= 11 is 1.48. The second-order valence-corrected chi connectivity index (χ2v) is 7.10. The Hall–Kier alpha value is -3.13. The average Bonchev–Trinajstić information content (AvgIpc) is 3.00. The van der Waals surface area contributed by atoms with Crippen molar-refractivity contribution in [2.75, 3.05) is 5.73 Å². The summed E-state index contributed by atoms with van der Waals surface area (Å²) in [7, 11) is 0. The van der Waals surface area contributed by atoms with Crippen molar-refractivity contribution in [1.82, 2.24) is 19.6 Å². The fourth-order valence-corrected chi connectivity index (χ4v) is 3.54. The van der Waals surface area contributed by atoms with Gasteiger partial charge in [-0.05, 0) is 44.2 Å². The summed E-state index contributed by atoms with van der Waals surface area (Å²) in [5, 5.41) is 5.40. The zero-order valence-corrected chi connectivity index (χ0v) is 15.5. The van der Waals surface area contributed by atoms with Crippen molar-refractivity contribution < 1.29 is 9.13 Å². The van der Waals surface area contributed by atoms with Gasteiger partial charge in [0.15, 0.2) is 17.2 Å². The molecule has 0 bridgehead atoms. The largest absolute Gasteiger partial charge is 0.453 e. The molecule has 0 aliphatic rings. The SMILES string of the molecule is Cc1cc(Sc2cnc(N)c(Oc3ccc(F)cc3)c2)n2nc(C)cc2n1. The van der Waals surface area contributed by atoms with Gasteiger partial charge in [0.25, 0.3) is 0 Å². The summed E-state index contributed by atoms with van der Waals surface area (Å²) in [6.07, 6.45) is 1.68. The number of anilines is 1. The first kappa shape index (κ1) is 17.3. The number of ether oxygens (including phenoxy) is 1. The maximum Gasteiger partial charge on any atom is 0.170 e. The van der Waals surface area contributed by atoms with E-state index in [0.717, 1.165) is 27.0 Å². The van der Waals surface area contributed by atoms with Crippen LogP contribution in [0.2, 0.25) is 0 Å². The molecule has 4 aromatic rings. The number of halogens is 1. The Morgan fingerprint density at radius 1 is 1.07 bits per heavy atom. The first-order chi connectivity index (χ1) is 13.0. The Balaban J connectivity index is 1.66. The Bertz CT molecular complexity index is 1130. The van der Waals surface area contributed by atoms with Crippen molar-refractivity contribution in [2.24, 2.45) is 0 Å². The standard InChI is InChI=1S/C19H16FN5OS/c1-11-8-18(25-17(23-11)7-12(2)24-25)27-15-9-16(19(21)22-10-15)26-14-5-3-13(20)4-6-14/h3-10H,1-2H3,(H2,21,22). The molecular weight excluding hydrogens is 365 g/mol. The topological polar surface area (TPSA) is 78.3 Å². The van der Waals surface area contributed by atoms with E-state index in [1.165, 1.54) is 36.0 Å². The Kier molecular flexibility index (Phi) is 4.41. The summed E-state index contributed by atoms with van der Waals surface area (Å²) in [6.45, 7) is 3.87. The highest BCUT2D eigenvalue weighted by molar-refractivity contribution is 7.99. The third kappa shape index (κ3) is 3.70. The maximum atomic E-state index is 13.1. The molecule has 6 nitrogen and oxygen atoms in total. The summed E-state index contributed by atoms with van der Waals surface area (Å²) < 4.78 is 20.6. The lowest BCUT2D eigenvalue weighted by atomic mass is 10.3. The molecule has 0 saturated carbocycles. The van der Waals surface area contributed by atoms with Crippen molar-refractivity contribution >= 4 is 23.2 Å². The van der Waals surface area contributed by atoms with Crippen molar-refractivity contribution in [3.63, 3.8) is 0 Å². The van der Waals surface area contributed by atoms with E-state index < -0.39 is 0 Å². The average molecular weight is 381 g/mol. The van der Waals surface area contributed by atoms with Crippen LogP contribution in [0.15, 0.2) is 58.6 Å². The highest BCUT2D eigenvalue weighted by atomic mass is 32.2. The predicted molar refractivity (Wildman–Crippen MR) is 102 cm³/mol. The number of fused-ring (bicyclic) bond motifs is 1. The smallest absolute Gasteiger partial charge is 0.170 e. The predicted octanol–water partition coefficient (Wildman–Crippen LogP) is 4.41. The van der Waals surface area contributed by atoms with Gasteiger partial charge in [-0.1, -0.05) is 11.8 Å². The fourth-order valence-electron chi connectivity index (χ4n) is 2.58. The number of hydrogen-bond acceptors (Lipinski definition) is 6. The number of hydrogen-bond donors (Lipinski definition) is 1. The van der Waals surface area contributed by atoms with Crippen LogP contribution in [0.5, 0.6) is 11.5 Å². The van der Waals surface area contributed by atoms with E-state index in [2.05, 4.69) is 15.1 Å². The molecule has 0 fully saturated rings. The molecule has 0 aliphatic heterocycles. The first-order valence-electron chi connectivity index (χ1n) is 8.19. The van der Waals surface area contributed by atoms with Gasteiger partial charge >= 0.3 is 0 Å². The number of rotatable bonds is 4. The highest BCUT2D eigenvalue weighted by Crippen LogP contribution is 2.34. The summed E-state index contributed by atoms with van der Waals surface area (Å²) in [6, 6.07) is 11.4. The molecule has 8 heteroatoms. The van der Waals surface area contributed by atoms with Gasteiger partial charge in [-0.3, -0.25) is 0 Å². The van der Waals surface area contributed by atoms with Crippen LogP contribution in [0.3, 0.4) is 0 Å². The van der Waals surface area contributed by atoms with Crippen molar-refractivity contribution in [3.8, 4) is 11.5 Å². The summed E-state index contributed by atoms with van der Waals surface area (Å²) in [5.74, 6) is 0.821. The molecule has 27 heavy (non-hydrogen) atoms. The molecule has 2 N–H and O–H groups in total. The van der Waals surface area contributed by atoms with Crippen LogP contribution >= 0.6 is 11.8 Å². The van der Waals surface area contributed by atoms with E-state index in [4.69, 9.17) is 10.5 Å². The molecule has 0 radical (unpaired) electrons. The van der Waals surface area contributed by atoms with Crippen LogP contribution in [0.25, 0.3) is 5.65 Å². The van der Waals surface area contributed by atoms with E-state index in [9.17, 15) is 4.39 Å². The zero-order chi connectivity index (χ0) is 19.0. The van der Waals surface area contributed by atoms with Crippen LogP contribution in [0.1, 0.15) is 11.4 Å². The van der Waals surface area contributed by atoms with Gasteiger partial charge in [0.05, 0.1) is 5.69 Å². The molecule has 0 amide bonds. The molecule has 0 aliphatic carbocycles. The normalized spacial score (nSPS) is 11.1. The van der Waals surface area contributed by atoms with Crippen molar-refractivity contribution in [3.05, 3.63) is 65.9 Å². The summed E-state index contributed by atoms with van der Waals surface area (Å²) in [5.41, 5.74) is 8.52. The van der Waals surface area contributed by atoms with E-state index in [1.54, 1.807) is 16.8 Å². The van der Waals surface area contributed by atoms with Gasteiger partial charge in [0.1, 0.15) is 16.6 Å². The lowest BCUT2D eigenvalue weighted by molar-refractivity contribution is 0.479. The van der Waals surface area contributed by atoms with Crippen LogP contribution in [-0.2, 0) is 0 Å². The number of aryl methyl sites for hydroxylation is 2. The van der Waals surface area contributed by atoms with Crippen LogP contribution in [0, 0.1) is 19.7 Å². The van der Waals surface area contributed by atoms with Gasteiger partial charge in [0, 0.05) is 28.9 Å². The monoisotopic (exact) mass is 381 g/mol. The van der Waals surface area contributed by atoms with E-state index in [0.29, 0.717) is 11.5 Å². The second-order valence-electron chi connectivity index (χ2n) is 6.00. The van der Waals surface area contributed by atoms with Crippen molar-refractivity contribution in [2.45, 2.75) is 23.8 Å². The first-order valence-corrected chi connectivity index (χ1v) is 9.00. The minimum atomic E-state index is -0.329. The van der Waals surface area contributed by atoms with Gasteiger partial charge in [-0.25, -0.2) is 18.9 Å². The molecule has 136 valence electrons. The Morgan fingerprint density at radius 3 is 2.63 bits per heavy atom. The lowest BCUT2D eigenvalue weighted by Gasteiger charge is -2.10. The third-order valence-corrected chi connectivity index (χ3v) is 4.72. The number of aromatic nitrogens is 4. The number of nitrogens with zero attached hydrogens (tertiary/aromatic N) is 4. The number of benzene rings is 1. The minimum Gasteiger partial charge on any atom is -0.453 e. The maximum absolute atomic E-state index is 13.1. The summed E-state index contributed by atoms with van der Waals surface area (Å²) in [4.78, 5) is 9.53. The molecule has 3 heterocycles. The van der Waals surface area contributed by atoms with Crippen molar-refractivity contribution in [1.29, 1.82) is 0 Å². The Labute approximate surface area is 159 Å². The molecule has 1 aromatic carbocycles. The van der Waals surface area contributed by atoms with E-state index in [-0.39, 0.29) is 11.6 Å². The van der Waals surface area contributed by atoms with Gasteiger partial charge in [-0.2, -0.15) is 5.10 Å². The molecule has 4 rings (SSSR count). The molecule has 0 spiro atoms. The van der Waals surface area contributed by atoms with Gasteiger partial charge < -0.3 is 10.5 Å². The number of nitrogens with two attached hydrogens (primary N) is 1. The zero-order valence-electron chi connectivity index (χ0n) is 14.7. The molecule has 0 atom stereocenters. The molecular formula is C19H16FN5OS. The molecule has 0 saturated heterocycles. The minimum absolute atomic E-state index is 0.259. The number of nitrogen functional groups attached to an aromatic ring is 1. The van der Waals surface area contributed by atoms with E-state index in [1.807, 2.05) is 26.0 Å². The van der Waals surface area contributed by atoms with Crippen LogP contribution in [-0.4, -0.2) is 19.6 Å². The van der Waals surface area contributed by atoms with Gasteiger partial charge in [0.2, 0.25) is 0 Å². The third-order valence-electron chi connectivity index (χ3n) is 3.77. The molecule has 0 unspecified atom stereocenters. The van der Waals surface area contributed by atoms with E-state index >= 15 is 0 Å².